The zero-order chi connectivity index (χ0) is 18.2. The van der Waals surface area contributed by atoms with Crippen LogP contribution in [-0.4, -0.2) is 4.57 Å². The molecule has 0 amide bonds. The monoisotopic (exact) mass is 345 g/mol. The van der Waals surface area contributed by atoms with Crippen LogP contribution < -0.4 is 0 Å². The number of aromatic nitrogens is 1. The molecule has 0 aliphatic rings. The van der Waals surface area contributed by atoms with Gasteiger partial charge < -0.3 is 4.57 Å². The summed E-state index contributed by atoms with van der Waals surface area (Å²) in [6.07, 6.45) is 1.91. The van der Waals surface area contributed by atoms with Gasteiger partial charge in [0.15, 0.2) is 0 Å². The van der Waals surface area contributed by atoms with Crippen molar-refractivity contribution in [3.05, 3.63) is 109 Å². The van der Waals surface area contributed by atoms with E-state index in [1.165, 1.54) is 38.6 Å². The van der Waals surface area contributed by atoms with Crippen LogP contribution in [0.1, 0.15) is 5.56 Å². The fraction of sp³-hybridized carbons (Fsp3) is 0. The molecule has 0 bridgehead atoms. The molecule has 5 aromatic rings. The number of para-hydroxylation sites is 2. The van der Waals surface area contributed by atoms with Crippen molar-refractivity contribution in [2.45, 2.75) is 0 Å². The predicted molar refractivity (Wildman–Crippen MR) is 116 cm³/mol. The van der Waals surface area contributed by atoms with Crippen LogP contribution in [-0.2, 0) is 0 Å². The molecule has 0 fully saturated rings. The highest BCUT2D eigenvalue weighted by molar-refractivity contribution is 6.10. The molecule has 27 heavy (non-hydrogen) atoms. The molecule has 0 saturated carbocycles. The third-order valence-electron chi connectivity index (χ3n) is 5.16. The summed E-state index contributed by atoms with van der Waals surface area (Å²) in [7, 11) is 0. The molecule has 0 radical (unpaired) electrons. The molecule has 1 nitrogen and oxygen atoms in total. The molecule has 0 atom stereocenters. The first-order chi connectivity index (χ1) is 13.4. The molecular weight excluding hydrogens is 326 g/mol. The van der Waals surface area contributed by atoms with Crippen molar-refractivity contribution in [3.8, 4) is 16.8 Å². The van der Waals surface area contributed by atoms with Gasteiger partial charge in [0.1, 0.15) is 0 Å². The fourth-order valence-corrected chi connectivity index (χ4v) is 3.91. The van der Waals surface area contributed by atoms with E-state index in [2.05, 4.69) is 108 Å². The summed E-state index contributed by atoms with van der Waals surface area (Å²) >= 11 is 0. The Morgan fingerprint density at radius 2 is 1.33 bits per heavy atom. The van der Waals surface area contributed by atoms with Crippen molar-refractivity contribution in [3.63, 3.8) is 0 Å². The summed E-state index contributed by atoms with van der Waals surface area (Å²) in [6.45, 7) is 3.93. The second-order valence-electron chi connectivity index (χ2n) is 6.72. The lowest BCUT2D eigenvalue weighted by molar-refractivity contribution is 1.18. The Labute approximate surface area is 158 Å². The van der Waals surface area contributed by atoms with Gasteiger partial charge in [0.25, 0.3) is 0 Å². The summed E-state index contributed by atoms with van der Waals surface area (Å²) in [6, 6.07) is 34.4. The Morgan fingerprint density at radius 1 is 0.630 bits per heavy atom. The van der Waals surface area contributed by atoms with Crippen LogP contribution in [0, 0.1) is 0 Å². The van der Waals surface area contributed by atoms with Crippen molar-refractivity contribution in [2.75, 3.05) is 0 Å². The van der Waals surface area contributed by atoms with Gasteiger partial charge in [-0.1, -0.05) is 85.5 Å². The highest BCUT2D eigenvalue weighted by Gasteiger charge is 2.15. The standard InChI is InChI=1S/C26H19N/c1-2-19-16-17-26-23(18-19)22-13-7-9-15-25(22)27(26)24-14-8-6-12-21(24)20-10-4-3-5-11-20/h2-18H,1H2. The molecule has 1 aromatic heterocycles. The van der Waals surface area contributed by atoms with Gasteiger partial charge in [-0.3, -0.25) is 0 Å². The lowest BCUT2D eigenvalue weighted by Gasteiger charge is -2.14. The third kappa shape index (κ3) is 2.48. The molecule has 0 aliphatic heterocycles. The second-order valence-corrected chi connectivity index (χ2v) is 6.72. The smallest absolute Gasteiger partial charge is 0.0541 e. The van der Waals surface area contributed by atoms with E-state index in [0.29, 0.717) is 0 Å². The SMILES string of the molecule is C=Cc1ccc2c(c1)c1ccccc1n2-c1ccccc1-c1ccccc1. The first kappa shape index (κ1) is 15.7. The van der Waals surface area contributed by atoms with Gasteiger partial charge in [-0.15, -0.1) is 0 Å². The van der Waals surface area contributed by atoms with Gasteiger partial charge in [-0.05, 0) is 35.4 Å². The van der Waals surface area contributed by atoms with E-state index in [9.17, 15) is 0 Å². The Kier molecular flexibility index (Phi) is 3.65. The molecule has 4 aromatic carbocycles. The Hall–Kier alpha value is -3.58. The minimum atomic E-state index is 1.14. The molecule has 0 spiro atoms. The number of nitrogens with zero attached hydrogens (tertiary/aromatic N) is 1. The maximum absolute atomic E-state index is 3.93. The van der Waals surface area contributed by atoms with E-state index < -0.39 is 0 Å². The fourth-order valence-electron chi connectivity index (χ4n) is 3.91. The van der Waals surface area contributed by atoms with Crippen LogP contribution in [0.5, 0.6) is 0 Å². The number of rotatable bonds is 3. The van der Waals surface area contributed by atoms with Crippen molar-refractivity contribution < 1.29 is 0 Å². The minimum absolute atomic E-state index is 1.14. The van der Waals surface area contributed by atoms with Crippen LogP contribution in [0.25, 0.3) is 44.7 Å². The van der Waals surface area contributed by atoms with Crippen LogP contribution >= 0.6 is 0 Å². The molecule has 0 N–H and O–H groups in total. The topological polar surface area (TPSA) is 4.93 Å². The van der Waals surface area contributed by atoms with Crippen molar-refractivity contribution in [1.29, 1.82) is 0 Å². The maximum atomic E-state index is 3.93. The summed E-state index contributed by atoms with van der Waals surface area (Å²) in [5.74, 6) is 0. The maximum Gasteiger partial charge on any atom is 0.0541 e. The van der Waals surface area contributed by atoms with E-state index >= 15 is 0 Å². The number of benzene rings is 4. The second kappa shape index (κ2) is 6.30. The summed E-state index contributed by atoms with van der Waals surface area (Å²) in [4.78, 5) is 0. The third-order valence-corrected chi connectivity index (χ3v) is 5.16. The number of fused-ring (bicyclic) bond motifs is 3. The van der Waals surface area contributed by atoms with Gasteiger partial charge in [-0.25, -0.2) is 0 Å². The van der Waals surface area contributed by atoms with Crippen molar-refractivity contribution in [2.24, 2.45) is 0 Å². The van der Waals surface area contributed by atoms with Gasteiger partial charge in [0.05, 0.1) is 16.7 Å². The molecule has 1 heterocycles. The van der Waals surface area contributed by atoms with E-state index in [0.717, 1.165) is 5.56 Å². The molecule has 128 valence electrons. The van der Waals surface area contributed by atoms with Crippen LogP contribution in [0.3, 0.4) is 0 Å². The average Bonchev–Trinajstić information content (AvgIpc) is 3.08. The Morgan fingerprint density at radius 3 is 2.19 bits per heavy atom. The minimum Gasteiger partial charge on any atom is -0.309 e. The summed E-state index contributed by atoms with van der Waals surface area (Å²) in [5, 5.41) is 2.52. The number of hydrogen-bond donors (Lipinski definition) is 0. The lowest BCUT2D eigenvalue weighted by atomic mass is 10.0. The first-order valence-corrected chi connectivity index (χ1v) is 9.17. The Bertz CT molecular complexity index is 1280. The van der Waals surface area contributed by atoms with Gasteiger partial charge >= 0.3 is 0 Å². The molecular formula is C26H19N. The van der Waals surface area contributed by atoms with Crippen LogP contribution in [0.2, 0.25) is 0 Å². The van der Waals surface area contributed by atoms with Gasteiger partial charge in [0, 0.05) is 16.3 Å². The predicted octanol–water partition coefficient (Wildman–Crippen LogP) is 7.09. The molecule has 0 unspecified atom stereocenters. The molecule has 5 rings (SSSR count). The van der Waals surface area contributed by atoms with Crippen LogP contribution in [0.15, 0.2) is 104 Å². The van der Waals surface area contributed by atoms with Crippen LogP contribution in [0.4, 0.5) is 0 Å². The molecule has 0 saturated heterocycles. The quantitative estimate of drug-likeness (QED) is 0.329. The van der Waals surface area contributed by atoms with Crippen molar-refractivity contribution in [1.82, 2.24) is 4.57 Å². The zero-order valence-electron chi connectivity index (χ0n) is 15.0. The van der Waals surface area contributed by atoms with Gasteiger partial charge in [-0.2, -0.15) is 0 Å². The zero-order valence-corrected chi connectivity index (χ0v) is 15.0. The first-order valence-electron chi connectivity index (χ1n) is 9.17. The van der Waals surface area contributed by atoms with E-state index in [-0.39, 0.29) is 0 Å². The normalized spacial score (nSPS) is 11.1. The highest BCUT2D eigenvalue weighted by atomic mass is 15.0. The molecule has 1 heteroatoms. The summed E-state index contributed by atoms with van der Waals surface area (Å²) in [5.41, 5.74) is 7.22. The van der Waals surface area contributed by atoms with E-state index in [4.69, 9.17) is 0 Å². The largest absolute Gasteiger partial charge is 0.309 e. The average molecular weight is 345 g/mol. The van der Waals surface area contributed by atoms with E-state index in [1.807, 2.05) is 6.08 Å². The van der Waals surface area contributed by atoms with E-state index in [1.54, 1.807) is 0 Å². The summed E-state index contributed by atoms with van der Waals surface area (Å²) < 4.78 is 2.37. The highest BCUT2D eigenvalue weighted by Crippen LogP contribution is 2.36. The van der Waals surface area contributed by atoms with Gasteiger partial charge in [0.2, 0.25) is 0 Å². The molecule has 0 aliphatic carbocycles. The Balaban J connectivity index is 1.91. The number of hydrogen-bond acceptors (Lipinski definition) is 0. The van der Waals surface area contributed by atoms with Crippen molar-refractivity contribution >= 4 is 27.9 Å². The lowest BCUT2D eigenvalue weighted by Crippen LogP contribution is -1.96.